The van der Waals surface area contributed by atoms with E-state index in [2.05, 4.69) is 25.4 Å². The molecule has 5 aromatic rings. The third-order valence-electron chi connectivity index (χ3n) is 7.78. The molecular formula is C28H31F2N9O3. The Balaban J connectivity index is 0.993. The summed E-state index contributed by atoms with van der Waals surface area (Å²) in [4.78, 5) is 8.78. The number of morpholine rings is 1. The summed E-state index contributed by atoms with van der Waals surface area (Å²) in [5.41, 5.74) is 8.73. The summed E-state index contributed by atoms with van der Waals surface area (Å²) in [5.74, 6) is -0.377. The number of nitrogen functional groups attached to an aromatic ring is 1. The van der Waals surface area contributed by atoms with Crippen molar-refractivity contribution >= 4 is 28.2 Å². The molecule has 12 nitrogen and oxygen atoms in total. The second kappa shape index (κ2) is 11.2. The lowest BCUT2D eigenvalue weighted by Crippen LogP contribution is -2.47. The van der Waals surface area contributed by atoms with Gasteiger partial charge in [0.2, 0.25) is 5.95 Å². The van der Waals surface area contributed by atoms with E-state index < -0.39 is 11.6 Å². The Morgan fingerprint density at radius 1 is 1.10 bits per heavy atom. The van der Waals surface area contributed by atoms with E-state index in [1.165, 1.54) is 6.07 Å². The summed E-state index contributed by atoms with van der Waals surface area (Å²) in [7, 11) is 0. The Kier molecular flexibility index (Phi) is 7.09. The quantitative estimate of drug-likeness (QED) is 0.283. The minimum absolute atomic E-state index is 0.0314. The molecule has 0 radical (unpaired) electrons. The van der Waals surface area contributed by atoms with Gasteiger partial charge in [0.05, 0.1) is 42.2 Å². The number of furan rings is 1. The van der Waals surface area contributed by atoms with Crippen LogP contribution in [0, 0.1) is 11.6 Å². The van der Waals surface area contributed by atoms with Crippen LogP contribution in [0.3, 0.4) is 0 Å². The first-order chi connectivity index (χ1) is 20.5. The molecule has 7 rings (SSSR count). The summed E-state index contributed by atoms with van der Waals surface area (Å²) in [6, 6.07) is 7.92. The summed E-state index contributed by atoms with van der Waals surface area (Å²) < 4.78 is 49.4. The normalized spacial score (nSPS) is 18.3. The number of ether oxygens (including phenoxy) is 2. The lowest BCUT2D eigenvalue weighted by molar-refractivity contribution is -0.000550. The number of nitrogens with two attached hydrogens (primary N) is 1. The maximum Gasteiger partial charge on any atom is 0.223 e. The first kappa shape index (κ1) is 26.6. The van der Waals surface area contributed by atoms with Crippen LogP contribution in [0.5, 0.6) is 5.75 Å². The zero-order valence-electron chi connectivity index (χ0n) is 22.9. The van der Waals surface area contributed by atoms with Crippen LogP contribution in [-0.4, -0.2) is 94.4 Å². The van der Waals surface area contributed by atoms with E-state index in [0.29, 0.717) is 68.7 Å². The van der Waals surface area contributed by atoms with E-state index in [4.69, 9.17) is 19.6 Å². The third-order valence-corrected chi connectivity index (χ3v) is 7.78. The maximum atomic E-state index is 14.8. The fourth-order valence-electron chi connectivity index (χ4n) is 5.52. The Morgan fingerprint density at radius 2 is 1.98 bits per heavy atom. The molecule has 0 bridgehead atoms. The fraction of sp³-hybridized carbons (Fsp3) is 0.393. The van der Waals surface area contributed by atoms with E-state index >= 15 is 0 Å². The number of hydrogen-bond acceptors (Lipinski definition) is 10. The van der Waals surface area contributed by atoms with E-state index in [-0.39, 0.29) is 24.4 Å². The molecule has 2 aliphatic heterocycles. The van der Waals surface area contributed by atoms with Crippen molar-refractivity contribution in [2.75, 3.05) is 69.7 Å². The SMILES string of the molecule is Nc1nc2c(cnn2CCN2CCN(c3cc(OCC4CNCCO4)c(F)cc3F)CC2)c2cc(-c3ccco3)nn12. The number of benzene rings is 1. The van der Waals surface area contributed by atoms with Crippen molar-refractivity contribution < 1.29 is 22.7 Å². The molecule has 6 heterocycles. The number of fused-ring (bicyclic) bond motifs is 3. The second-order valence-corrected chi connectivity index (χ2v) is 10.4. The van der Waals surface area contributed by atoms with Gasteiger partial charge in [0, 0.05) is 57.9 Å². The topological polar surface area (TPSA) is 124 Å². The van der Waals surface area contributed by atoms with Gasteiger partial charge >= 0.3 is 0 Å². The van der Waals surface area contributed by atoms with E-state index in [1.54, 1.807) is 17.0 Å². The molecule has 2 aliphatic rings. The highest BCUT2D eigenvalue weighted by atomic mass is 19.1. The molecule has 0 amide bonds. The number of nitrogens with one attached hydrogen (secondary N) is 1. The molecule has 0 saturated carbocycles. The molecule has 0 aliphatic carbocycles. The molecular weight excluding hydrogens is 548 g/mol. The Morgan fingerprint density at radius 3 is 2.76 bits per heavy atom. The van der Waals surface area contributed by atoms with Crippen LogP contribution in [0.1, 0.15) is 0 Å². The van der Waals surface area contributed by atoms with Crippen LogP contribution in [0.15, 0.2) is 47.2 Å². The predicted molar refractivity (Wildman–Crippen MR) is 152 cm³/mol. The van der Waals surface area contributed by atoms with Gasteiger partial charge in [0.25, 0.3) is 0 Å². The van der Waals surface area contributed by atoms with Crippen molar-refractivity contribution in [2.45, 2.75) is 12.6 Å². The highest BCUT2D eigenvalue weighted by Gasteiger charge is 2.23. The van der Waals surface area contributed by atoms with Crippen molar-refractivity contribution in [1.29, 1.82) is 0 Å². The van der Waals surface area contributed by atoms with E-state index in [0.717, 1.165) is 30.1 Å². The third kappa shape index (κ3) is 5.12. The van der Waals surface area contributed by atoms with Gasteiger partial charge < -0.3 is 29.8 Å². The molecule has 3 N–H and O–H groups in total. The molecule has 14 heteroatoms. The van der Waals surface area contributed by atoms with Crippen LogP contribution in [0.4, 0.5) is 20.4 Å². The van der Waals surface area contributed by atoms with Gasteiger partial charge in [-0.05, 0) is 18.2 Å². The van der Waals surface area contributed by atoms with Crippen molar-refractivity contribution in [1.82, 2.24) is 34.6 Å². The fourth-order valence-corrected chi connectivity index (χ4v) is 5.52. The molecule has 42 heavy (non-hydrogen) atoms. The molecule has 1 atom stereocenters. The molecule has 0 spiro atoms. The van der Waals surface area contributed by atoms with Gasteiger partial charge in [-0.25, -0.2) is 13.5 Å². The molecule has 2 fully saturated rings. The highest BCUT2D eigenvalue weighted by molar-refractivity contribution is 5.93. The minimum atomic E-state index is -0.718. The van der Waals surface area contributed by atoms with Crippen molar-refractivity contribution in [2.24, 2.45) is 0 Å². The number of halogens is 2. The van der Waals surface area contributed by atoms with Gasteiger partial charge in [-0.15, -0.1) is 0 Å². The second-order valence-electron chi connectivity index (χ2n) is 10.4. The standard InChI is InChI=1S/C28H31F2N9O3/c29-20-12-21(30)26(42-17-18-15-32-3-11-40-18)14-24(20)37-7-4-36(5-8-37)6-9-38-27-19(16-33-38)23-13-22(25-2-1-10-41-25)35-39(23)28(31)34-27/h1-2,10,12-14,16,18,32H,3-9,11,15,17H2,(H2,31,34). The number of rotatable bonds is 8. The summed E-state index contributed by atoms with van der Waals surface area (Å²) in [6.07, 6.45) is 3.21. The molecule has 2 saturated heterocycles. The van der Waals surface area contributed by atoms with Crippen molar-refractivity contribution in [3.05, 3.63) is 54.4 Å². The lowest BCUT2D eigenvalue weighted by Gasteiger charge is -2.36. The largest absolute Gasteiger partial charge is 0.488 e. The van der Waals surface area contributed by atoms with Crippen LogP contribution in [-0.2, 0) is 11.3 Å². The van der Waals surface area contributed by atoms with Gasteiger partial charge in [0.1, 0.15) is 24.2 Å². The maximum absolute atomic E-state index is 14.8. The van der Waals surface area contributed by atoms with Crippen LogP contribution < -0.4 is 20.7 Å². The summed E-state index contributed by atoms with van der Waals surface area (Å²) >= 11 is 0. The van der Waals surface area contributed by atoms with Crippen LogP contribution in [0.2, 0.25) is 0 Å². The average Bonchev–Trinajstić information content (AvgIpc) is 3.77. The van der Waals surface area contributed by atoms with Gasteiger partial charge in [-0.2, -0.15) is 19.7 Å². The van der Waals surface area contributed by atoms with Gasteiger partial charge in [-0.3, -0.25) is 4.90 Å². The molecule has 1 unspecified atom stereocenters. The molecule has 1 aromatic carbocycles. The van der Waals surface area contributed by atoms with Crippen LogP contribution in [0.25, 0.3) is 28.0 Å². The number of piperazine rings is 1. The molecule has 4 aromatic heterocycles. The minimum Gasteiger partial charge on any atom is -0.488 e. The number of hydrogen-bond donors (Lipinski definition) is 2. The zero-order valence-corrected chi connectivity index (χ0v) is 22.9. The number of aromatic nitrogens is 5. The highest BCUT2D eigenvalue weighted by Crippen LogP contribution is 2.30. The summed E-state index contributed by atoms with van der Waals surface area (Å²) in [6.45, 7) is 6.13. The first-order valence-corrected chi connectivity index (χ1v) is 14.0. The Hall–Kier alpha value is -4.27. The Labute approximate surface area is 239 Å². The monoisotopic (exact) mass is 579 g/mol. The predicted octanol–water partition coefficient (Wildman–Crippen LogP) is 2.39. The van der Waals surface area contributed by atoms with Gasteiger partial charge in [0.15, 0.2) is 23.0 Å². The van der Waals surface area contributed by atoms with E-state index in [1.807, 2.05) is 27.8 Å². The smallest absolute Gasteiger partial charge is 0.223 e. The summed E-state index contributed by atoms with van der Waals surface area (Å²) in [5, 5.41) is 13.2. The van der Waals surface area contributed by atoms with Crippen molar-refractivity contribution in [3.63, 3.8) is 0 Å². The zero-order chi connectivity index (χ0) is 28.6. The Bertz CT molecular complexity index is 1690. The first-order valence-electron chi connectivity index (χ1n) is 14.0. The van der Waals surface area contributed by atoms with E-state index in [9.17, 15) is 8.78 Å². The average molecular weight is 580 g/mol. The van der Waals surface area contributed by atoms with Crippen LogP contribution >= 0.6 is 0 Å². The molecule has 220 valence electrons. The van der Waals surface area contributed by atoms with Crippen molar-refractivity contribution in [3.8, 4) is 17.2 Å². The number of anilines is 2. The lowest BCUT2D eigenvalue weighted by atomic mass is 10.2. The van der Waals surface area contributed by atoms with Gasteiger partial charge in [-0.1, -0.05) is 0 Å². The number of nitrogens with zero attached hydrogens (tertiary/aromatic N) is 7.